The van der Waals surface area contributed by atoms with Crippen LogP contribution in [-0.2, 0) is 17.6 Å². The molecule has 0 saturated heterocycles. The molecule has 1 N–H and O–H groups in total. The molecule has 2 atom stereocenters. The summed E-state index contributed by atoms with van der Waals surface area (Å²) in [4.78, 5) is 0. The summed E-state index contributed by atoms with van der Waals surface area (Å²) >= 11 is 0. The summed E-state index contributed by atoms with van der Waals surface area (Å²) in [6.45, 7) is 9.41. The first-order valence-electron chi connectivity index (χ1n) is 7.87. The van der Waals surface area contributed by atoms with E-state index in [1.165, 1.54) is 11.1 Å². The SMILES string of the molecule is CCc1cccc(CC(C)CC(OCCO)C(C)C)c1. The van der Waals surface area contributed by atoms with E-state index in [9.17, 15) is 0 Å². The Kier molecular flexibility index (Phi) is 7.86. The van der Waals surface area contributed by atoms with Gasteiger partial charge in [-0.2, -0.15) is 0 Å². The summed E-state index contributed by atoms with van der Waals surface area (Å²) in [5.74, 6) is 1.08. The van der Waals surface area contributed by atoms with E-state index in [0.29, 0.717) is 18.4 Å². The van der Waals surface area contributed by atoms with Gasteiger partial charge < -0.3 is 9.84 Å². The lowest BCUT2D eigenvalue weighted by molar-refractivity contribution is -0.00911. The Morgan fingerprint density at radius 2 is 1.85 bits per heavy atom. The highest BCUT2D eigenvalue weighted by atomic mass is 16.5. The molecule has 1 aromatic carbocycles. The van der Waals surface area contributed by atoms with Crippen LogP contribution in [0.5, 0.6) is 0 Å². The van der Waals surface area contributed by atoms with Crippen LogP contribution in [0.4, 0.5) is 0 Å². The molecule has 0 fully saturated rings. The predicted molar refractivity (Wildman–Crippen MR) is 85.0 cm³/mol. The van der Waals surface area contributed by atoms with Gasteiger partial charge in [0, 0.05) is 0 Å². The standard InChI is InChI=1S/C18H30O2/c1-5-16-7-6-8-17(13-16)11-15(4)12-18(14(2)3)20-10-9-19/h6-8,13-15,18-19H,5,9-12H2,1-4H3. The van der Waals surface area contributed by atoms with E-state index in [4.69, 9.17) is 9.84 Å². The summed E-state index contributed by atoms with van der Waals surface area (Å²) < 4.78 is 5.76. The molecule has 0 heterocycles. The van der Waals surface area contributed by atoms with Crippen molar-refractivity contribution < 1.29 is 9.84 Å². The topological polar surface area (TPSA) is 29.5 Å². The van der Waals surface area contributed by atoms with Gasteiger partial charge in [-0.05, 0) is 42.2 Å². The molecule has 0 radical (unpaired) electrons. The monoisotopic (exact) mass is 278 g/mol. The number of aliphatic hydroxyl groups excluding tert-OH is 1. The van der Waals surface area contributed by atoms with Crippen LogP contribution < -0.4 is 0 Å². The zero-order chi connectivity index (χ0) is 15.0. The largest absolute Gasteiger partial charge is 0.394 e. The normalized spacial score (nSPS) is 14.5. The van der Waals surface area contributed by atoms with Crippen molar-refractivity contribution in [2.45, 2.75) is 53.1 Å². The molecule has 20 heavy (non-hydrogen) atoms. The second-order valence-corrected chi connectivity index (χ2v) is 6.10. The Bertz CT molecular complexity index is 373. The number of aliphatic hydroxyl groups is 1. The van der Waals surface area contributed by atoms with E-state index in [1.54, 1.807) is 0 Å². The number of hydrogen-bond acceptors (Lipinski definition) is 2. The maximum absolute atomic E-state index is 8.90. The second kappa shape index (κ2) is 9.15. The van der Waals surface area contributed by atoms with Crippen molar-refractivity contribution in [2.75, 3.05) is 13.2 Å². The minimum Gasteiger partial charge on any atom is -0.394 e. The Labute approximate surface area is 124 Å². The summed E-state index contributed by atoms with van der Waals surface area (Å²) in [5, 5.41) is 8.90. The third-order valence-electron chi connectivity index (χ3n) is 3.79. The molecule has 0 spiro atoms. The van der Waals surface area contributed by atoms with Gasteiger partial charge in [0.25, 0.3) is 0 Å². The highest BCUT2D eigenvalue weighted by Gasteiger charge is 2.17. The molecule has 0 aliphatic carbocycles. The molecule has 0 amide bonds. The van der Waals surface area contributed by atoms with E-state index >= 15 is 0 Å². The van der Waals surface area contributed by atoms with Gasteiger partial charge in [-0.1, -0.05) is 52.0 Å². The van der Waals surface area contributed by atoms with Crippen molar-refractivity contribution in [3.05, 3.63) is 35.4 Å². The molecule has 0 aromatic heterocycles. The molecular weight excluding hydrogens is 248 g/mol. The Morgan fingerprint density at radius 3 is 2.45 bits per heavy atom. The van der Waals surface area contributed by atoms with E-state index in [-0.39, 0.29) is 12.7 Å². The van der Waals surface area contributed by atoms with Gasteiger partial charge in [0.2, 0.25) is 0 Å². The number of ether oxygens (including phenoxy) is 1. The highest BCUT2D eigenvalue weighted by Crippen LogP contribution is 2.20. The number of benzene rings is 1. The first-order valence-corrected chi connectivity index (χ1v) is 7.87. The van der Waals surface area contributed by atoms with Crippen LogP contribution in [0, 0.1) is 11.8 Å². The minimum absolute atomic E-state index is 0.107. The molecular formula is C18H30O2. The first-order chi connectivity index (χ1) is 9.56. The Balaban J connectivity index is 2.53. The van der Waals surface area contributed by atoms with Gasteiger partial charge in [0.1, 0.15) is 0 Å². The fourth-order valence-corrected chi connectivity index (χ4v) is 2.60. The zero-order valence-electron chi connectivity index (χ0n) is 13.4. The second-order valence-electron chi connectivity index (χ2n) is 6.10. The van der Waals surface area contributed by atoms with Crippen LogP contribution in [0.25, 0.3) is 0 Å². The fraction of sp³-hybridized carbons (Fsp3) is 0.667. The van der Waals surface area contributed by atoms with Crippen LogP contribution >= 0.6 is 0 Å². The minimum atomic E-state index is 0.107. The van der Waals surface area contributed by atoms with Crippen LogP contribution in [-0.4, -0.2) is 24.4 Å². The molecule has 2 nitrogen and oxygen atoms in total. The maximum atomic E-state index is 8.90. The third kappa shape index (κ3) is 6.06. The average Bonchev–Trinajstić information content (AvgIpc) is 2.43. The molecule has 0 aliphatic rings. The third-order valence-corrected chi connectivity index (χ3v) is 3.79. The summed E-state index contributed by atoms with van der Waals surface area (Å²) in [7, 11) is 0. The van der Waals surface area contributed by atoms with Gasteiger partial charge in [0.15, 0.2) is 0 Å². The highest BCUT2D eigenvalue weighted by molar-refractivity contribution is 5.23. The van der Waals surface area contributed by atoms with Gasteiger partial charge in [0.05, 0.1) is 19.3 Å². The van der Waals surface area contributed by atoms with Gasteiger partial charge in [-0.25, -0.2) is 0 Å². The lowest BCUT2D eigenvalue weighted by Crippen LogP contribution is -2.24. The van der Waals surface area contributed by atoms with Crippen molar-refractivity contribution in [1.29, 1.82) is 0 Å². The van der Waals surface area contributed by atoms with Crippen LogP contribution in [0.1, 0.15) is 45.2 Å². The summed E-state index contributed by atoms with van der Waals surface area (Å²) in [6.07, 6.45) is 3.48. The zero-order valence-corrected chi connectivity index (χ0v) is 13.4. The van der Waals surface area contributed by atoms with Crippen molar-refractivity contribution in [3.8, 4) is 0 Å². The van der Waals surface area contributed by atoms with Crippen molar-refractivity contribution in [1.82, 2.24) is 0 Å². The van der Waals surface area contributed by atoms with Crippen LogP contribution in [0.3, 0.4) is 0 Å². The van der Waals surface area contributed by atoms with E-state index in [1.807, 2.05) is 0 Å². The van der Waals surface area contributed by atoms with Gasteiger partial charge >= 0.3 is 0 Å². The molecule has 0 saturated carbocycles. The molecule has 1 rings (SSSR count). The average molecular weight is 278 g/mol. The van der Waals surface area contributed by atoms with Gasteiger partial charge in [-0.3, -0.25) is 0 Å². The molecule has 2 heteroatoms. The Hall–Kier alpha value is -0.860. The molecule has 114 valence electrons. The number of rotatable bonds is 9. The summed E-state index contributed by atoms with van der Waals surface area (Å²) in [6, 6.07) is 8.88. The molecule has 0 aliphatic heterocycles. The predicted octanol–water partition coefficient (Wildman–Crippen LogP) is 3.85. The lowest BCUT2D eigenvalue weighted by Gasteiger charge is -2.24. The quantitative estimate of drug-likeness (QED) is 0.743. The first kappa shape index (κ1) is 17.2. The lowest BCUT2D eigenvalue weighted by atomic mass is 9.90. The van der Waals surface area contributed by atoms with Crippen molar-refractivity contribution >= 4 is 0 Å². The molecule has 1 aromatic rings. The van der Waals surface area contributed by atoms with E-state index < -0.39 is 0 Å². The van der Waals surface area contributed by atoms with E-state index in [2.05, 4.69) is 52.0 Å². The van der Waals surface area contributed by atoms with Crippen molar-refractivity contribution in [2.24, 2.45) is 11.8 Å². The maximum Gasteiger partial charge on any atom is 0.0701 e. The Morgan fingerprint density at radius 1 is 1.15 bits per heavy atom. The van der Waals surface area contributed by atoms with Gasteiger partial charge in [-0.15, -0.1) is 0 Å². The van der Waals surface area contributed by atoms with E-state index in [0.717, 1.165) is 19.3 Å². The molecule has 0 bridgehead atoms. The van der Waals surface area contributed by atoms with Crippen molar-refractivity contribution in [3.63, 3.8) is 0 Å². The summed E-state index contributed by atoms with van der Waals surface area (Å²) in [5.41, 5.74) is 2.83. The number of aryl methyl sites for hydroxylation is 1. The molecule has 2 unspecified atom stereocenters. The van der Waals surface area contributed by atoms with Crippen LogP contribution in [0.2, 0.25) is 0 Å². The smallest absolute Gasteiger partial charge is 0.0701 e. The fourth-order valence-electron chi connectivity index (χ4n) is 2.60. The number of hydrogen-bond donors (Lipinski definition) is 1. The van der Waals surface area contributed by atoms with Crippen LogP contribution in [0.15, 0.2) is 24.3 Å².